The Balaban J connectivity index is 1.94. The molecule has 2 fully saturated rings. The molecule has 114 valence electrons. The average molecular weight is 286 g/mol. The van der Waals surface area contributed by atoms with Crippen LogP contribution in [0.2, 0.25) is 0 Å². The zero-order valence-corrected chi connectivity index (χ0v) is 13.3. The van der Waals surface area contributed by atoms with Crippen molar-refractivity contribution in [1.29, 1.82) is 0 Å². The summed E-state index contributed by atoms with van der Waals surface area (Å²) in [4.78, 5) is 15.1. The van der Waals surface area contributed by atoms with Crippen LogP contribution in [0.1, 0.15) is 51.8 Å². The van der Waals surface area contributed by atoms with E-state index in [0.29, 0.717) is 17.9 Å². The molecule has 3 rings (SSSR count). The third-order valence-electron chi connectivity index (χ3n) is 5.09. The quantitative estimate of drug-likeness (QED) is 0.924. The lowest BCUT2D eigenvalue weighted by Gasteiger charge is -2.33. The molecular formula is C18H26N2O. The maximum Gasteiger partial charge on any atom is 0.241 e. The van der Waals surface area contributed by atoms with Gasteiger partial charge in [0, 0.05) is 6.04 Å². The molecular weight excluding hydrogens is 260 g/mol. The summed E-state index contributed by atoms with van der Waals surface area (Å²) in [5.41, 5.74) is 1.20. The Kier molecular flexibility index (Phi) is 4.03. The second kappa shape index (κ2) is 5.80. The first-order valence-electron chi connectivity index (χ1n) is 8.22. The number of carbonyl (C=O) groups excluding carboxylic acids is 1. The van der Waals surface area contributed by atoms with Crippen molar-refractivity contribution in [1.82, 2.24) is 10.2 Å². The Bertz CT molecular complexity index is 499. The Labute approximate surface area is 127 Å². The highest BCUT2D eigenvalue weighted by Crippen LogP contribution is 2.38. The Morgan fingerprint density at radius 3 is 2.48 bits per heavy atom. The molecule has 1 N–H and O–H groups in total. The maximum absolute atomic E-state index is 12.9. The second-order valence-electron chi connectivity index (χ2n) is 6.92. The zero-order chi connectivity index (χ0) is 15.0. The third-order valence-corrected chi connectivity index (χ3v) is 5.09. The predicted molar refractivity (Wildman–Crippen MR) is 84.6 cm³/mol. The van der Waals surface area contributed by atoms with Crippen molar-refractivity contribution in [3.8, 4) is 0 Å². The standard InChI is InChI=1S/C18H26N2O/c1-12(2)16-18(21)20(15-11-7-8-13(15)3)17(19-16)14-9-5-4-6-10-14/h4-6,9-10,12-13,15-17,19H,7-8,11H2,1-3H3. The first-order valence-corrected chi connectivity index (χ1v) is 8.22. The number of hydrogen-bond acceptors (Lipinski definition) is 2. The van der Waals surface area contributed by atoms with Crippen LogP contribution in [0.15, 0.2) is 30.3 Å². The van der Waals surface area contributed by atoms with Gasteiger partial charge in [-0.15, -0.1) is 0 Å². The first kappa shape index (κ1) is 14.6. The minimum absolute atomic E-state index is 0.0386. The van der Waals surface area contributed by atoms with Crippen molar-refractivity contribution < 1.29 is 4.79 Å². The minimum Gasteiger partial charge on any atom is -0.318 e. The normalized spacial score (nSPS) is 33.1. The molecule has 2 aliphatic rings. The summed E-state index contributed by atoms with van der Waals surface area (Å²) in [5, 5.41) is 3.58. The van der Waals surface area contributed by atoms with Crippen LogP contribution in [0.3, 0.4) is 0 Å². The Morgan fingerprint density at radius 2 is 1.90 bits per heavy atom. The summed E-state index contributed by atoms with van der Waals surface area (Å²) in [7, 11) is 0. The van der Waals surface area contributed by atoms with Gasteiger partial charge in [-0.1, -0.05) is 57.5 Å². The Morgan fingerprint density at radius 1 is 1.19 bits per heavy atom. The molecule has 1 aromatic carbocycles. The van der Waals surface area contributed by atoms with Gasteiger partial charge in [-0.2, -0.15) is 0 Å². The molecule has 1 aliphatic heterocycles. The number of amides is 1. The smallest absolute Gasteiger partial charge is 0.241 e. The average Bonchev–Trinajstić information content (AvgIpc) is 3.03. The molecule has 4 unspecified atom stereocenters. The number of hydrogen-bond donors (Lipinski definition) is 1. The lowest BCUT2D eigenvalue weighted by atomic mass is 10.0. The molecule has 0 aromatic heterocycles. The van der Waals surface area contributed by atoms with Crippen LogP contribution in [0, 0.1) is 11.8 Å². The van der Waals surface area contributed by atoms with Crippen molar-refractivity contribution in [2.75, 3.05) is 0 Å². The lowest BCUT2D eigenvalue weighted by Crippen LogP contribution is -2.42. The van der Waals surface area contributed by atoms with Crippen molar-refractivity contribution in [3.63, 3.8) is 0 Å². The van der Waals surface area contributed by atoms with Gasteiger partial charge in [0.2, 0.25) is 5.91 Å². The van der Waals surface area contributed by atoms with Gasteiger partial charge in [0.05, 0.1) is 6.04 Å². The summed E-state index contributed by atoms with van der Waals surface area (Å²) in [6.45, 7) is 6.54. The molecule has 3 heteroatoms. The van der Waals surface area contributed by atoms with Gasteiger partial charge in [0.15, 0.2) is 0 Å². The number of nitrogens with zero attached hydrogens (tertiary/aromatic N) is 1. The van der Waals surface area contributed by atoms with Crippen LogP contribution in [0.4, 0.5) is 0 Å². The zero-order valence-electron chi connectivity index (χ0n) is 13.3. The van der Waals surface area contributed by atoms with Crippen molar-refractivity contribution in [2.24, 2.45) is 11.8 Å². The van der Waals surface area contributed by atoms with E-state index in [-0.39, 0.29) is 18.1 Å². The monoisotopic (exact) mass is 286 g/mol. The maximum atomic E-state index is 12.9. The summed E-state index contributed by atoms with van der Waals surface area (Å²) in [6, 6.07) is 10.7. The van der Waals surface area contributed by atoms with E-state index in [2.05, 4.69) is 55.3 Å². The van der Waals surface area contributed by atoms with E-state index < -0.39 is 0 Å². The van der Waals surface area contributed by atoms with Crippen molar-refractivity contribution in [2.45, 2.75) is 58.3 Å². The van der Waals surface area contributed by atoms with Gasteiger partial charge < -0.3 is 4.90 Å². The molecule has 0 spiro atoms. The Hall–Kier alpha value is -1.35. The van der Waals surface area contributed by atoms with Crippen LogP contribution in [-0.4, -0.2) is 22.9 Å². The van der Waals surface area contributed by atoms with Crippen LogP contribution in [0.5, 0.6) is 0 Å². The van der Waals surface area contributed by atoms with E-state index in [1.807, 2.05) is 6.07 Å². The predicted octanol–water partition coefficient (Wildman–Crippen LogP) is 3.33. The van der Waals surface area contributed by atoms with Gasteiger partial charge in [0.1, 0.15) is 6.17 Å². The highest BCUT2D eigenvalue weighted by Gasteiger charge is 2.46. The van der Waals surface area contributed by atoms with Gasteiger partial charge in [-0.25, -0.2) is 0 Å². The fraction of sp³-hybridized carbons (Fsp3) is 0.611. The number of rotatable bonds is 3. The highest BCUT2D eigenvalue weighted by molar-refractivity contribution is 5.85. The van der Waals surface area contributed by atoms with Crippen LogP contribution in [-0.2, 0) is 4.79 Å². The molecule has 1 aromatic rings. The fourth-order valence-electron chi connectivity index (χ4n) is 3.87. The first-order chi connectivity index (χ1) is 10.1. The number of nitrogens with one attached hydrogen (secondary N) is 1. The molecule has 3 nitrogen and oxygen atoms in total. The van der Waals surface area contributed by atoms with E-state index in [4.69, 9.17) is 0 Å². The van der Waals surface area contributed by atoms with Crippen LogP contribution < -0.4 is 5.32 Å². The lowest BCUT2D eigenvalue weighted by molar-refractivity contribution is -0.133. The van der Waals surface area contributed by atoms with E-state index in [1.54, 1.807) is 0 Å². The molecule has 1 saturated heterocycles. The van der Waals surface area contributed by atoms with Gasteiger partial charge >= 0.3 is 0 Å². The molecule has 21 heavy (non-hydrogen) atoms. The van der Waals surface area contributed by atoms with Crippen molar-refractivity contribution in [3.05, 3.63) is 35.9 Å². The molecule has 0 radical (unpaired) electrons. The van der Waals surface area contributed by atoms with Crippen LogP contribution >= 0.6 is 0 Å². The highest BCUT2D eigenvalue weighted by atomic mass is 16.2. The molecule has 4 atom stereocenters. The topological polar surface area (TPSA) is 32.3 Å². The summed E-state index contributed by atoms with van der Waals surface area (Å²) < 4.78 is 0. The number of carbonyl (C=O) groups is 1. The summed E-state index contributed by atoms with van der Waals surface area (Å²) in [5.74, 6) is 1.22. The second-order valence-corrected chi connectivity index (χ2v) is 6.92. The van der Waals surface area contributed by atoms with Crippen LogP contribution in [0.25, 0.3) is 0 Å². The van der Waals surface area contributed by atoms with E-state index in [9.17, 15) is 4.79 Å². The summed E-state index contributed by atoms with van der Waals surface area (Å²) in [6.07, 6.45) is 3.66. The molecule has 1 amide bonds. The molecule has 1 heterocycles. The van der Waals surface area contributed by atoms with Gasteiger partial charge in [-0.3, -0.25) is 10.1 Å². The minimum atomic E-state index is -0.0528. The van der Waals surface area contributed by atoms with E-state index >= 15 is 0 Å². The summed E-state index contributed by atoms with van der Waals surface area (Å²) >= 11 is 0. The molecule has 1 saturated carbocycles. The largest absolute Gasteiger partial charge is 0.318 e. The van der Waals surface area contributed by atoms with E-state index in [0.717, 1.165) is 6.42 Å². The van der Waals surface area contributed by atoms with Gasteiger partial charge in [-0.05, 0) is 30.2 Å². The number of benzene rings is 1. The van der Waals surface area contributed by atoms with Gasteiger partial charge in [0.25, 0.3) is 0 Å². The molecule has 1 aliphatic carbocycles. The van der Waals surface area contributed by atoms with E-state index in [1.165, 1.54) is 18.4 Å². The third kappa shape index (κ3) is 2.59. The molecule has 0 bridgehead atoms. The van der Waals surface area contributed by atoms with Crippen molar-refractivity contribution >= 4 is 5.91 Å². The fourth-order valence-corrected chi connectivity index (χ4v) is 3.87. The SMILES string of the molecule is CC(C)C1NC(c2ccccc2)N(C2CCCC2C)C1=O.